The molecule has 8 nitrogen and oxygen atoms in total. The molecule has 1 fully saturated rings. The largest absolute Gasteiger partial charge is 0.497 e. The van der Waals surface area contributed by atoms with Gasteiger partial charge in [0.15, 0.2) is 0 Å². The molecule has 1 aromatic heterocycles. The molecule has 29 heavy (non-hydrogen) atoms. The maximum Gasteiger partial charge on any atom is 0.240 e. The number of hydrogen-bond acceptors (Lipinski definition) is 6. The second-order valence-electron chi connectivity index (χ2n) is 6.82. The minimum Gasteiger partial charge on any atom is -0.497 e. The Labute approximate surface area is 171 Å². The van der Waals surface area contributed by atoms with Crippen molar-refractivity contribution in [2.75, 3.05) is 37.0 Å². The first-order valence-corrected chi connectivity index (χ1v) is 11.1. The Morgan fingerprint density at radius 1 is 1.10 bits per heavy atom. The first-order valence-electron chi connectivity index (χ1n) is 9.62. The number of aromatic nitrogens is 1. The monoisotopic (exact) mass is 418 g/mol. The second-order valence-corrected chi connectivity index (χ2v) is 8.59. The summed E-state index contributed by atoms with van der Waals surface area (Å²) in [6, 6.07) is 9.76. The summed E-state index contributed by atoms with van der Waals surface area (Å²) < 4.78 is 32.0. The molecule has 0 radical (unpaired) electrons. The predicted octanol–water partition coefficient (Wildman–Crippen LogP) is 2.39. The fourth-order valence-corrected chi connectivity index (χ4v) is 4.16. The second kappa shape index (κ2) is 9.71. The van der Waals surface area contributed by atoms with Gasteiger partial charge in [0, 0.05) is 26.1 Å². The van der Waals surface area contributed by atoms with Gasteiger partial charge in [-0.15, -0.1) is 0 Å². The lowest BCUT2D eigenvalue weighted by Gasteiger charge is -2.27. The van der Waals surface area contributed by atoms with Gasteiger partial charge >= 0.3 is 0 Å². The number of anilines is 2. The molecule has 1 aliphatic heterocycles. The summed E-state index contributed by atoms with van der Waals surface area (Å²) in [5.74, 6) is 1.20. The molecular weight excluding hydrogens is 392 g/mol. The van der Waals surface area contributed by atoms with Crippen molar-refractivity contribution in [1.82, 2.24) is 9.71 Å². The standard InChI is InChI=1S/C20H26N4O4S/c1-28-17-6-8-18(9-7-17)29(26,27)22-12-11-20(25)23-16-5-10-19(21-15-16)24-13-3-2-4-14-24/h5-10,15,22H,2-4,11-14H2,1H3,(H,23,25). The zero-order valence-electron chi connectivity index (χ0n) is 16.4. The van der Waals surface area contributed by atoms with Crippen LogP contribution in [0.15, 0.2) is 47.5 Å². The Bertz CT molecular complexity index is 909. The van der Waals surface area contributed by atoms with Crippen molar-refractivity contribution >= 4 is 27.4 Å². The molecule has 156 valence electrons. The van der Waals surface area contributed by atoms with Crippen LogP contribution in [0.2, 0.25) is 0 Å². The average molecular weight is 419 g/mol. The van der Waals surface area contributed by atoms with Gasteiger partial charge < -0.3 is 15.0 Å². The fourth-order valence-electron chi connectivity index (χ4n) is 3.13. The molecule has 2 heterocycles. The highest BCUT2D eigenvalue weighted by atomic mass is 32.2. The summed E-state index contributed by atoms with van der Waals surface area (Å²) in [6.07, 6.45) is 5.25. The molecule has 1 aromatic carbocycles. The third-order valence-corrected chi connectivity index (χ3v) is 6.20. The Balaban J connectivity index is 1.46. The van der Waals surface area contributed by atoms with E-state index >= 15 is 0 Å². The first-order chi connectivity index (χ1) is 14.0. The lowest BCUT2D eigenvalue weighted by atomic mass is 10.1. The van der Waals surface area contributed by atoms with Crippen molar-refractivity contribution in [2.24, 2.45) is 0 Å². The number of ether oxygens (including phenoxy) is 1. The molecule has 9 heteroatoms. The Hall–Kier alpha value is -2.65. The topological polar surface area (TPSA) is 101 Å². The number of piperidine rings is 1. The molecule has 0 aliphatic carbocycles. The van der Waals surface area contributed by atoms with Gasteiger partial charge in [-0.3, -0.25) is 4.79 Å². The van der Waals surface area contributed by atoms with E-state index in [1.54, 1.807) is 18.3 Å². The molecule has 1 aliphatic rings. The van der Waals surface area contributed by atoms with Gasteiger partial charge in [0.05, 0.1) is 23.9 Å². The number of nitrogens with zero attached hydrogens (tertiary/aromatic N) is 2. The van der Waals surface area contributed by atoms with Crippen LogP contribution in [0.3, 0.4) is 0 Å². The van der Waals surface area contributed by atoms with Crippen LogP contribution in [-0.2, 0) is 14.8 Å². The summed E-state index contributed by atoms with van der Waals surface area (Å²) in [4.78, 5) is 18.9. The van der Waals surface area contributed by atoms with Crippen molar-refractivity contribution in [3.05, 3.63) is 42.6 Å². The molecule has 0 spiro atoms. The van der Waals surface area contributed by atoms with E-state index < -0.39 is 10.0 Å². The Morgan fingerprint density at radius 3 is 2.45 bits per heavy atom. The number of benzene rings is 1. The van der Waals surface area contributed by atoms with Gasteiger partial charge in [0.25, 0.3) is 0 Å². The fraction of sp³-hybridized carbons (Fsp3) is 0.400. The molecule has 0 bridgehead atoms. The summed E-state index contributed by atoms with van der Waals surface area (Å²) in [6.45, 7) is 2.01. The van der Waals surface area contributed by atoms with Crippen molar-refractivity contribution in [3.63, 3.8) is 0 Å². The minimum absolute atomic E-state index is 0.000510. The van der Waals surface area contributed by atoms with Crippen LogP contribution in [0, 0.1) is 0 Å². The Morgan fingerprint density at radius 2 is 1.83 bits per heavy atom. The van der Waals surface area contributed by atoms with E-state index in [-0.39, 0.29) is 23.8 Å². The van der Waals surface area contributed by atoms with Crippen LogP contribution >= 0.6 is 0 Å². The van der Waals surface area contributed by atoms with Gasteiger partial charge in [-0.05, 0) is 55.7 Å². The van der Waals surface area contributed by atoms with Gasteiger partial charge in [0.2, 0.25) is 15.9 Å². The number of nitrogens with one attached hydrogen (secondary N) is 2. The van der Waals surface area contributed by atoms with E-state index in [9.17, 15) is 13.2 Å². The van der Waals surface area contributed by atoms with Crippen molar-refractivity contribution in [1.29, 1.82) is 0 Å². The number of pyridine rings is 1. The van der Waals surface area contributed by atoms with Crippen LogP contribution in [0.25, 0.3) is 0 Å². The highest BCUT2D eigenvalue weighted by Gasteiger charge is 2.15. The molecule has 1 amide bonds. The highest BCUT2D eigenvalue weighted by Crippen LogP contribution is 2.19. The van der Waals surface area contributed by atoms with E-state index in [1.165, 1.54) is 38.5 Å². The molecule has 0 saturated carbocycles. The predicted molar refractivity (Wildman–Crippen MR) is 112 cm³/mol. The van der Waals surface area contributed by atoms with Gasteiger partial charge in [-0.1, -0.05) is 0 Å². The summed E-state index contributed by atoms with van der Waals surface area (Å²) in [7, 11) is -2.16. The molecule has 0 atom stereocenters. The molecule has 2 N–H and O–H groups in total. The third kappa shape index (κ3) is 5.91. The van der Waals surface area contributed by atoms with E-state index in [4.69, 9.17) is 4.74 Å². The van der Waals surface area contributed by atoms with E-state index in [2.05, 4.69) is 19.9 Å². The first kappa shape index (κ1) is 21.1. The number of methoxy groups -OCH3 is 1. The van der Waals surface area contributed by atoms with Crippen molar-refractivity contribution in [2.45, 2.75) is 30.6 Å². The molecule has 0 unspecified atom stereocenters. The minimum atomic E-state index is -3.68. The summed E-state index contributed by atoms with van der Waals surface area (Å²) in [5, 5.41) is 2.74. The normalized spacial score (nSPS) is 14.4. The van der Waals surface area contributed by atoms with E-state index in [0.717, 1.165) is 18.9 Å². The van der Waals surface area contributed by atoms with Gasteiger partial charge in [-0.2, -0.15) is 0 Å². The Kier molecular flexibility index (Phi) is 7.05. The summed E-state index contributed by atoms with van der Waals surface area (Å²) in [5.41, 5.74) is 0.591. The summed E-state index contributed by atoms with van der Waals surface area (Å²) >= 11 is 0. The number of sulfonamides is 1. The number of rotatable bonds is 8. The SMILES string of the molecule is COc1ccc(S(=O)(=O)NCCC(=O)Nc2ccc(N3CCCCC3)nc2)cc1. The number of carbonyl (C=O) groups is 1. The zero-order valence-corrected chi connectivity index (χ0v) is 17.2. The lowest BCUT2D eigenvalue weighted by molar-refractivity contribution is -0.116. The zero-order chi connectivity index (χ0) is 20.7. The third-order valence-electron chi connectivity index (χ3n) is 4.73. The molecule has 2 aromatic rings. The van der Waals surface area contributed by atoms with Crippen molar-refractivity contribution < 1.29 is 17.9 Å². The average Bonchev–Trinajstić information content (AvgIpc) is 2.75. The number of hydrogen-bond donors (Lipinski definition) is 2. The maximum absolute atomic E-state index is 12.3. The number of amides is 1. The quantitative estimate of drug-likeness (QED) is 0.683. The van der Waals surface area contributed by atoms with Crippen LogP contribution in [0.1, 0.15) is 25.7 Å². The molecular formula is C20H26N4O4S. The molecule has 3 rings (SSSR count). The number of carbonyl (C=O) groups excluding carboxylic acids is 1. The van der Waals surface area contributed by atoms with Crippen LogP contribution in [-0.4, -0.2) is 46.1 Å². The van der Waals surface area contributed by atoms with Crippen LogP contribution in [0.4, 0.5) is 11.5 Å². The van der Waals surface area contributed by atoms with Crippen LogP contribution in [0.5, 0.6) is 5.75 Å². The van der Waals surface area contributed by atoms with Gasteiger partial charge in [0.1, 0.15) is 11.6 Å². The van der Waals surface area contributed by atoms with Crippen LogP contribution < -0.4 is 19.7 Å². The van der Waals surface area contributed by atoms with E-state index in [1.807, 2.05) is 12.1 Å². The van der Waals surface area contributed by atoms with Gasteiger partial charge in [-0.25, -0.2) is 18.1 Å². The molecule has 1 saturated heterocycles. The highest BCUT2D eigenvalue weighted by molar-refractivity contribution is 7.89. The van der Waals surface area contributed by atoms with E-state index in [0.29, 0.717) is 11.4 Å². The van der Waals surface area contributed by atoms with Crippen molar-refractivity contribution in [3.8, 4) is 5.75 Å². The smallest absolute Gasteiger partial charge is 0.240 e. The maximum atomic E-state index is 12.3. The lowest BCUT2D eigenvalue weighted by Crippen LogP contribution is -2.30.